The normalized spacial score (nSPS) is 12.7. The van der Waals surface area contributed by atoms with Crippen LogP contribution in [-0.2, 0) is 17.6 Å². The van der Waals surface area contributed by atoms with Gasteiger partial charge < -0.3 is 5.32 Å². The van der Waals surface area contributed by atoms with Crippen LogP contribution in [0.1, 0.15) is 35.3 Å². The van der Waals surface area contributed by atoms with Gasteiger partial charge in [-0.15, -0.1) is 21.5 Å². The second-order valence-corrected chi connectivity index (χ2v) is 11.2. The van der Waals surface area contributed by atoms with E-state index in [1.54, 1.807) is 11.3 Å². The van der Waals surface area contributed by atoms with Gasteiger partial charge in [-0.25, -0.2) is 0 Å². The van der Waals surface area contributed by atoms with Crippen LogP contribution in [-0.4, -0.2) is 26.4 Å². The number of aryl methyl sites for hydroxylation is 1. The average molecular weight is 565 g/mol. The summed E-state index contributed by atoms with van der Waals surface area (Å²) in [5.41, 5.74) is 3.67. The van der Waals surface area contributed by atoms with Crippen LogP contribution in [0.5, 0.6) is 0 Å². The maximum Gasteiger partial charge on any atom is 0.225 e. The quantitative estimate of drug-likeness (QED) is 0.255. The molecule has 0 fully saturated rings. The van der Waals surface area contributed by atoms with E-state index in [2.05, 4.69) is 37.5 Å². The number of thiophene rings is 1. The number of carbonyl (C=O) groups is 1. The van der Waals surface area contributed by atoms with Crippen LogP contribution in [0.3, 0.4) is 0 Å². The van der Waals surface area contributed by atoms with Crippen LogP contribution in [0, 0.1) is 11.3 Å². The number of para-hydroxylation sites is 1. The predicted octanol–water partition coefficient (Wildman–Crippen LogP) is 6.63. The molecular weight excluding hydrogens is 542 g/mol. The number of nitrogens with zero attached hydrogens (tertiary/aromatic N) is 4. The molecule has 1 amide bonds. The van der Waals surface area contributed by atoms with Crippen molar-refractivity contribution in [2.24, 2.45) is 0 Å². The Morgan fingerprint density at radius 1 is 1.11 bits per heavy atom. The molecule has 0 saturated heterocycles. The van der Waals surface area contributed by atoms with Crippen molar-refractivity contribution in [1.82, 2.24) is 14.8 Å². The van der Waals surface area contributed by atoms with Gasteiger partial charge in [-0.2, -0.15) is 5.26 Å². The summed E-state index contributed by atoms with van der Waals surface area (Å²) >= 11 is 6.67. The first-order valence-electron chi connectivity index (χ1n) is 11.4. The highest BCUT2D eigenvalue weighted by Gasteiger charge is 2.22. The van der Waals surface area contributed by atoms with Crippen LogP contribution in [0.25, 0.3) is 17.1 Å². The number of benzene rings is 2. The second kappa shape index (κ2) is 10.8. The minimum absolute atomic E-state index is 0.0931. The molecule has 176 valence electrons. The second-order valence-electron chi connectivity index (χ2n) is 8.13. The first-order valence-corrected chi connectivity index (χ1v) is 14.0. The third-order valence-electron chi connectivity index (χ3n) is 5.86. The zero-order chi connectivity index (χ0) is 24.2. The molecule has 5 rings (SSSR count). The number of aromatic nitrogens is 3. The molecule has 9 heteroatoms. The van der Waals surface area contributed by atoms with E-state index in [1.807, 2.05) is 59.2 Å². The molecule has 2 aromatic heterocycles. The van der Waals surface area contributed by atoms with Gasteiger partial charge in [0, 0.05) is 32.8 Å². The number of rotatable bonds is 7. The molecule has 0 saturated carbocycles. The van der Waals surface area contributed by atoms with Crippen LogP contribution in [0.15, 0.2) is 64.2 Å². The molecule has 0 atom stereocenters. The lowest BCUT2D eigenvalue weighted by Crippen LogP contribution is -2.12. The molecule has 1 N–H and O–H groups in total. The molecule has 0 radical (unpaired) electrons. The van der Waals surface area contributed by atoms with E-state index in [4.69, 9.17) is 0 Å². The van der Waals surface area contributed by atoms with Crippen LogP contribution in [0.4, 0.5) is 5.00 Å². The summed E-state index contributed by atoms with van der Waals surface area (Å²) in [6.45, 7) is 0. The number of halogens is 1. The molecule has 2 aromatic carbocycles. The van der Waals surface area contributed by atoms with Gasteiger partial charge in [0.2, 0.25) is 5.91 Å². The van der Waals surface area contributed by atoms with Gasteiger partial charge in [0.05, 0.1) is 5.56 Å². The maximum atomic E-state index is 12.7. The summed E-state index contributed by atoms with van der Waals surface area (Å²) in [4.78, 5) is 14.0. The molecule has 4 aromatic rings. The summed E-state index contributed by atoms with van der Waals surface area (Å²) in [5.74, 6) is 1.18. The Hall–Kier alpha value is -2.93. The Kier molecular flexibility index (Phi) is 7.32. The van der Waals surface area contributed by atoms with Crippen molar-refractivity contribution in [3.63, 3.8) is 0 Å². The lowest BCUT2D eigenvalue weighted by molar-refractivity contribution is -0.115. The van der Waals surface area contributed by atoms with E-state index >= 15 is 0 Å². The number of amides is 1. The Morgan fingerprint density at radius 3 is 2.69 bits per heavy atom. The van der Waals surface area contributed by atoms with Crippen molar-refractivity contribution in [2.45, 2.75) is 37.3 Å². The molecule has 35 heavy (non-hydrogen) atoms. The number of thioether (sulfide) groups is 1. The topological polar surface area (TPSA) is 83.6 Å². The number of hydrogen-bond donors (Lipinski definition) is 1. The summed E-state index contributed by atoms with van der Waals surface area (Å²) in [6.07, 6.45) is 4.48. The molecule has 0 bridgehead atoms. The van der Waals surface area contributed by atoms with Crippen molar-refractivity contribution < 1.29 is 4.79 Å². The SMILES string of the molecule is N#Cc1c(NC(=O)CCSc2nnc(-c3ccccc3Br)n2-c2ccccc2)sc2c1CCCC2. The fourth-order valence-corrected chi connectivity index (χ4v) is 6.79. The monoisotopic (exact) mass is 563 g/mol. The van der Waals surface area contributed by atoms with Gasteiger partial charge in [0.15, 0.2) is 11.0 Å². The molecular formula is C26H22BrN5OS2. The zero-order valence-electron chi connectivity index (χ0n) is 18.8. The van der Waals surface area contributed by atoms with Gasteiger partial charge in [-0.3, -0.25) is 9.36 Å². The summed E-state index contributed by atoms with van der Waals surface area (Å²) in [6, 6.07) is 20.2. The lowest BCUT2D eigenvalue weighted by atomic mass is 9.96. The maximum absolute atomic E-state index is 12.7. The van der Waals surface area contributed by atoms with E-state index in [0.29, 0.717) is 22.7 Å². The van der Waals surface area contributed by atoms with E-state index in [-0.39, 0.29) is 5.91 Å². The smallest absolute Gasteiger partial charge is 0.225 e. The summed E-state index contributed by atoms with van der Waals surface area (Å²) < 4.78 is 2.96. The standard InChI is InChI=1S/C26H22BrN5OS2/c27-21-12-6-4-11-19(21)24-30-31-26(32(24)17-8-2-1-3-9-17)34-15-14-23(33)29-25-20(16-28)18-10-5-7-13-22(18)35-25/h1-4,6,8-9,11-12H,5,7,10,13-15H2,(H,29,33). The third kappa shape index (κ3) is 5.06. The number of hydrogen-bond acceptors (Lipinski definition) is 6. The van der Waals surface area contributed by atoms with Crippen molar-refractivity contribution in [1.29, 1.82) is 5.26 Å². The molecule has 0 spiro atoms. The highest BCUT2D eigenvalue weighted by atomic mass is 79.9. The lowest BCUT2D eigenvalue weighted by Gasteiger charge is -2.11. The van der Waals surface area contributed by atoms with Gasteiger partial charge in [0.25, 0.3) is 0 Å². The van der Waals surface area contributed by atoms with E-state index < -0.39 is 0 Å². The fourth-order valence-electron chi connectivity index (χ4n) is 4.19. The van der Waals surface area contributed by atoms with Gasteiger partial charge in [0.1, 0.15) is 11.1 Å². The number of fused-ring (bicyclic) bond motifs is 1. The summed E-state index contributed by atoms with van der Waals surface area (Å²) in [7, 11) is 0. The Bertz CT molecular complexity index is 1410. The third-order valence-corrected chi connectivity index (χ3v) is 8.69. The van der Waals surface area contributed by atoms with Crippen LogP contribution < -0.4 is 5.32 Å². The van der Waals surface area contributed by atoms with E-state index in [1.165, 1.54) is 16.6 Å². The van der Waals surface area contributed by atoms with Gasteiger partial charge in [-0.05, 0) is 49.4 Å². The Labute approximate surface area is 220 Å². The first kappa shape index (κ1) is 23.8. The molecule has 1 aliphatic carbocycles. The number of carbonyl (C=O) groups excluding carboxylic acids is 1. The molecule has 2 heterocycles. The minimum Gasteiger partial charge on any atom is -0.317 e. The highest BCUT2D eigenvalue weighted by Crippen LogP contribution is 2.38. The number of nitriles is 1. The molecule has 0 aliphatic heterocycles. The summed E-state index contributed by atoms with van der Waals surface area (Å²) in [5, 5.41) is 23.0. The largest absolute Gasteiger partial charge is 0.317 e. The highest BCUT2D eigenvalue weighted by molar-refractivity contribution is 9.10. The Morgan fingerprint density at radius 2 is 1.89 bits per heavy atom. The zero-order valence-corrected chi connectivity index (χ0v) is 22.0. The number of nitrogens with one attached hydrogen (secondary N) is 1. The molecule has 1 aliphatic rings. The van der Waals surface area contributed by atoms with Crippen molar-refractivity contribution in [3.05, 3.63) is 75.1 Å². The fraction of sp³-hybridized carbons (Fsp3) is 0.231. The van der Waals surface area contributed by atoms with Crippen LogP contribution >= 0.6 is 39.0 Å². The van der Waals surface area contributed by atoms with Crippen LogP contribution in [0.2, 0.25) is 0 Å². The Balaban J connectivity index is 1.32. The molecule has 6 nitrogen and oxygen atoms in total. The van der Waals surface area contributed by atoms with Crippen molar-refractivity contribution in [2.75, 3.05) is 11.1 Å². The van der Waals surface area contributed by atoms with Gasteiger partial charge in [-0.1, -0.05) is 64.1 Å². The van der Waals surface area contributed by atoms with E-state index in [0.717, 1.165) is 58.0 Å². The minimum atomic E-state index is -0.0931. The van der Waals surface area contributed by atoms with Gasteiger partial charge >= 0.3 is 0 Å². The first-order chi connectivity index (χ1) is 17.2. The van der Waals surface area contributed by atoms with E-state index in [9.17, 15) is 10.1 Å². The van der Waals surface area contributed by atoms with Crippen molar-refractivity contribution >= 4 is 49.9 Å². The molecule has 0 unspecified atom stereocenters. The number of anilines is 1. The average Bonchev–Trinajstić information content (AvgIpc) is 3.45. The predicted molar refractivity (Wildman–Crippen MR) is 144 cm³/mol. The van der Waals surface area contributed by atoms with Crippen molar-refractivity contribution in [3.8, 4) is 23.1 Å².